The number of hydrogen-bond acceptors (Lipinski definition) is 3. The van der Waals surface area contributed by atoms with Gasteiger partial charge in [0, 0.05) is 37.5 Å². The van der Waals surface area contributed by atoms with Gasteiger partial charge in [-0.15, -0.1) is 0 Å². The van der Waals surface area contributed by atoms with Crippen LogP contribution in [0.5, 0.6) is 0 Å². The van der Waals surface area contributed by atoms with Crippen LogP contribution >= 0.6 is 0 Å². The van der Waals surface area contributed by atoms with E-state index in [0.717, 1.165) is 25.7 Å². The van der Waals surface area contributed by atoms with Crippen LogP contribution < -0.4 is 16.0 Å². The first-order valence-electron chi connectivity index (χ1n) is 9.51. The minimum Gasteiger partial charge on any atom is -0.356 e. The Balaban J connectivity index is 1.27. The van der Waals surface area contributed by atoms with E-state index in [4.69, 9.17) is 0 Å². The third-order valence-corrected chi connectivity index (χ3v) is 5.69. The van der Waals surface area contributed by atoms with E-state index in [1.807, 2.05) is 0 Å². The van der Waals surface area contributed by atoms with Gasteiger partial charge >= 0.3 is 0 Å². The number of fused-ring (bicyclic) bond motifs is 2. The third-order valence-electron chi connectivity index (χ3n) is 5.69. The number of hydrogen-bond donors (Lipinski definition) is 3. The molecular weight excluding hydrogens is 290 g/mol. The summed E-state index contributed by atoms with van der Waals surface area (Å²) in [5.74, 6) is 0.712. The highest BCUT2D eigenvalue weighted by Gasteiger charge is 2.34. The fourth-order valence-corrected chi connectivity index (χ4v) is 4.54. The van der Waals surface area contributed by atoms with Crippen LogP contribution in [-0.4, -0.2) is 36.5 Å². The maximum absolute atomic E-state index is 12.1. The zero-order chi connectivity index (χ0) is 16.1. The van der Waals surface area contributed by atoms with E-state index in [-0.39, 0.29) is 11.8 Å². The topological polar surface area (TPSA) is 70.2 Å². The Kier molecular flexibility index (Phi) is 5.92. The predicted molar refractivity (Wildman–Crippen MR) is 89.9 cm³/mol. The second-order valence-corrected chi connectivity index (χ2v) is 7.68. The molecule has 0 aromatic heterocycles. The maximum Gasteiger partial charge on any atom is 0.221 e. The minimum atomic E-state index is 0.0807. The molecule has 2 saturated heterocycles. The lowest BCUT2D eigenvalue weighted by atomic mass is 9.89. The van der Waals surface area contributed by atoms with Crippen LogP contribution in [0.15, 0.2) is 0 Å². The molecule has 3 N–H and O–H groups in total. The van der Waals surface area contributed by atoms with E-state index in [2.05, 4.69) is 16.0 Å². The van der Waals surface area contributed by atoms with E-state index < -0.39 is 0 Å². The Hall–Kier alpha value is -1.10. The Bertz CT molecular complexity index is 408. The molecule has 23 heavy (non-hydrogen) atoms. The van der Waals surface area contributed by atoms with E-state index in [1.165, 1.54) is 32.1 Å². The Labute approximate surface area is 139 Å². The van der Waals surface area contributed by atoms with Gasteiger partial charge in [0.1, 0.15) is 0 Å². The summed E-state index contributed by atoms with van der Waals surface area (Å²) in [6.45, 7) is 0.467. The quantitative estimate of drug-likeness (QED) is 0.699. The molecule has 130 valence electrons. The number of piperidine rings is 1. The molecule has 0 aromatic rings. The zero-order valence-corrected chi connectivity index (χ0v) is 14.1. The molecule has 1 aliphatic carbocycles. The van der Waals surface area contributed by atoms with Crippen molar-refractivity contribution < 1.29 is 9.59 Å². The molecule has 3 aliphatic rings. The van der Waals surface area contributed by atoms with Gasteiger partial charge in [-0.3, -0.25) is 9.59 Å². The van der Waals surface area contributed by atoms with E-state index in [9.17, 15) is 9.59 Å². The van der Waals surface area contributed by atoms with Gasteiger partial charge in [0.15, 0.2) is 0 Å². The SMILES string of the molecule is O=C(CC1CC2CCC(C1)N2)NCCC(=O)NC1CCCCC1. The van der Waals surface area contributed by atoms with Gasteiger partial charge in [-0.2, -0.15) is 0 Å². The highest BCUT2D eigenvalue weighted by Crippen LogP contribution is 2.32. The lowest BCUT2D eigenvalue weighted by molar-refractivity contribution is -0.123. The minimum absolute atomic E-state index is 0.0807. The second-order valence-electron chi connectivity index (χ2n) is 7.68. The lowest BCUT2D eigenvalue weighted by Gasteiger charge is -2.28. The van der Waals surface area contributed by atoms with Gasteiger partial charge in [-0.1, -0.05) is 19.3 Å². The van der Waals surface area contributed by atoms with Gasteiger partial charge in [0.25, 0.3) is 0 Å². The first kappa shape index (κ1) is 16.7. The molecule has 3 fully saturated rings. The van der Waals surface area contributed by atoms with Crippen LogP contribution in [0, 0.1) is 5.92 Å². The number of rotatable bonds is 6. The molecule has 3 rings (SSSR count). The van der Waals surface area contributed by atoms with Gasteiger partial charge in [0.05, 0.1) is 0 Å². The van der Waals surface area contributed by atoms with Gasteiger partial charge in [-0.05, 0) is 44.4 Å². The lowest BCUT2D eigenvalue weighted by Crippen LogP contribution is -2.40. The molecule has 0 aromatic carbocycles. The van der Waals surface area contributed by atoms with E-state index >= 15 is 0 Å². The van der Waals surface area contributed by atoms with Crippen molar-refractivity contribution in [1.29, 1.82) is 0 Å². The van der Waals surface area contributed by atoms with Crippen LogP contribution in [0.25, 0.3) is 0 Å². The Morgan fingerprint density at radius 1 is 0.913 bits per heavy atom. The maximum atomic E-state index is 12.1. The molecule has 5 heteroatoms. The van der Waals surface area contributed by atoms with Crippen molar-refractivity contribution in [2.75, 3.05) is 6.54 Å². The van der Waals surface area contributed by atoms with Crippen molar-refractivity contribution in [3.8, 4) is 0 Å². The Morgan fingerprint density at radius 3 is 2.30 bits per heavy atom. The standard InChI is InChI=1S/C18H31N3O2/c22-17(21-14-4-2-1-3-5-14)8-9-19-18(23)12-13-10-15-6-7-16(11-13)20-15/h13-16,20H,1-12H2,(H,19,23)(H,21,22). The normalized spacial score (nSPS) is 30.9. The molecule has 2 aliphatic heterocycles. The molecule has 5 nitrogen and oxygen atoms in total. The fraction of sp³-hybridized carbons (Fsp3) is 0.889. The van der Waals surface area contributed by atoms with E-state index in [1.54, 1.807) is 0 Å². The first-order valence-corrected chi connectivity index (χ1v) is 9.51. The summed E-state index contributed by atoms with van der Waals surface area (Å²) in [6, 6.07) is 1.62. The summed E-state index contributed by atoms with van der Waals surface area (Å²) < 4.78 is 0. The molecule has 1 saturated carbocycles. The summed E-state index contributed by atoms with van der Waals surface area (Å²) in [4.78, 5) is 24.0. The molecule has 2 atom stereocenters. The summed E-state index contributed by atoms with van der Waals surface area (Å²) >= 11 is 0. The number of amides is 2. The highest BCUT2D eigenvalue weighted by atomic mass is 16.2. The van der Waals surface area contributed by atoms with Crippen molar-refractivity contribution in [3.63, 3.8) is 0 Å². The third kappa shape index (κ3) is 5.20. The predicted octanol–water partition coefficient (Wildman–Crippen LogP) is 1.86. The highest BCUT2D eigenvalue weighted by molar-refractivity contribution is 5.79. The summed E-state index contributed by atoms with van der Waals surface area (Å²) in [7, 11) is 0. The summed E-state index contributed by atoms with van der Waals surface area (Å²) in [6.07, 6.45) is 11.8. The molecule has 2 bridgehead atoms. The van der Waals surface area contributed by atoms with Crippen LogP contribution in [0.1, 0.15) is 70.6 Å². The largest absolute Gasteiger partial charge is 0.356 e. The summed E-state index contributed by atoms with van der Waals surface area (Å²) in [5, 5.41) is 9.63. The van der Waals surface area contributed by atoms with Gasteiger partial charge < -0.3 is 16.0 Å². The average Bonchev–Trinajstić information content (AvgIpc) is 2.87. The van der Waals surface area contributed by atoms with Gasteiger partial charge in [0.2, 0.25) is 11.8 Å². The molecule has 0 radical (unpaired) electrons. The fourth-order valence-electron chi connectivity index (χ4n) is 4.54. The average molecular weight is 321 g/mol. The van der Waals surface area contributed by atoms with Crippen molar-refractivity contribution in [3.05, 3.63) is 0 Å². The van der Waals surface area contributed by atoms with Crippen LogP contribution in [-0.2, 0) is 9.59 Å². The van der Waals surface area contributed by atoms with Crippen LogP contribution in [0.4, 0.5) is 0 Å². The van der Waals surface area contributed by atoms with Gasteiger partial charge in [-0.25, -0.2) is 0 Å². The van der Waals surface area contributed by atoms with E-state index in [0.29, 0.717) is 43.4 Å². The number of nitrogens with one attached hydrogen (secondary N) is 3. The molecular formula is C18H31N3O2. The number of carbonyl (C=O) groups is 2. The zero-order valence-electron chi connectivity index (χ0n) is 14.1. The van der Waals surface area contributed by atoms with Crippen molar-refractivity contribution >= 4 is 11.8 Å². The molecule has 0 spiro atoms. The smallest absolute Gasteiger partial charge is 0.221 e. The second kappa shape index (κ2) is 8.13. The van der Waals surface area contributed by atoms with Crippen molar-refractivity contribution in [2.45, 2.75) is 88.8 Å². The summed E-state index contributed by atoms with van der Waals surface area (Å²) in [5.41, 5.74) is 0. The molecule has 2 heterocycles. The van der Waals surface area contributed by atoms with Crippen molar-refractivity contribution in [2.24, 2.45) is 5.92 Å². The molecule has 2 amide bonds. The monoisotopic (exact) mass is 321 g/mol. The van der Waals surface area contributed by atoms with Crippen LogP contribution in [0.3, 0.4) is 0 Å². The Morgan fingerprint density at radius 2 is 1.61 bits per heavy atom. The molecule has 2 unspecified atom stereocenters. The van der Waals surface area contributed by atoms with Crippen LogP contribution in [0.2, 0.25) is 0 Å². The number of carbonyl (C=O) groups excluding carboxylic acids is 2. The van der Waals surface area contributed by atoms with Crippen molar-refractivity contribution in [1.82, 2.24) is 16.0 Å². The first-order chi connectivity index (χ1) is 11.2.